The van der Waals surface area contributed by atoms with Gasteiger partial charge in [0, 0.05) is 24.6 Å². The number of amides is 1. The second kappa shape index (κ2) is 10.5. The van der Waals surface area contributed by atoms with Crippen molar-refractivity contribution in [3.05, 3.63) is 60.2 Å². The average Bonchev–Trinajstić information content (AvgIpc) is 3.26. The van der Waals surface area contributed by atoms with Crippen molar-refractivity contribution < 1.29 is 18.9 Å². The lowest BCUT2D eigenvalue weighted by molar-refractivity contribution is -0.199. The molecule has 1 N–H and O–H groups in total. The second-order valence-electron chi connectivity index (χ2n) is 12.7. The van der Waals surface area contributed by atoms with Crippen molar-refractivity contribution in [2.75, 3.05) is 0 Å². The standard InChI is InChI=1S/C30H40BN3O4/c1-19(2)13-22(31-37-27-16-21-15-26(29(21,3)4)30(27,5)38-31)17-25(35)23(14-20-9-7-6-8-10-20)34-28(36)24-18-32-11-12-33-24/h6-12,18-19,21-23,26-27H,13-17H2,1-5H3,(H,34,36)/t21-,22+,23-,26-,27+,30-/m0/s1. The van der Waals surface area contributed by atoms with Crippen LogP contribution in [0.5, 0.6) is 0 Å². The van der Waals surface area contributed by atoms with Crippen LogP contribution in [0.1, 0.15) is 76.4 Å². The molecule has 1 aromatic carbocycles. The van der Waals surface area contributed by atoms with Gasteiger partial charge >= 0.3 is 7.12 Å². The molecule has 1 amide bonds. The molecule has 2 heterocycles. The molecule has 7 nitrogen and oxygen atoms in total. The van der Waals surface area contributed by atoms with Crippen molar-refractivity contribution in [2.24, 2.45) is 23.2 Å². The van der Waals surface area contributed by atoms with Crippen LogP contribution < -0.4 is 5.32 Å². The van der Waals surface area contributed by atoms with Crippen LogP contribution in [0.25, 0.3) is 0 Å². The number of nitrogens with zero attached hydrogens (tertiary/aromatic N) is 2. The first-order valence-corrected chi connectivity index (χ1v) is 14.0. The van der Waals surface area contributed by atoms with E-state index in [4.69, 9.17) is 9.31 Å². The van der Waals surface area contributed by atoms with Crippen LogP contribution in [0, 0.1) is 23.2 Å². The maximum atomic E-state index is 13.9. The number of hydrogen-bond donors (Lipinski definition) is 1. The Kier molecular flexibility index (Phi) is 7.49. The summed E-state index contributed by atoms with van der Waals surface area (Å²) in [6.07, 6.45) is 8.19. The molecule has 4 aliphatic rings. The van der Waals surface area contributed by atoms with Crippen molar-refractivity contribution in [3.8, 4) is 0 Å². The molecule has 1 aliphatic heterocycles. The molecule has 1 aromatic heterocycles. The van der Waals surface area contributed by atoms with Crippen LogP contribution in [0.15, 0.2) is 48.9 Å². The van der Waals surface area contributed by atoms with E-state index in [1.165, 1.54) is 25.0 Å². The number of carbonyl (C=O) groups excluding carboxylic acids is 2. The van der Waals surface area contributed by atoms with Crippen molar-refractivity contribution in [2.45, 2.75) is 90.3 Å². The summed E-state index contributed by atoms with van der Waals surface area (Å²) in [4.78, 5) is 34.9. The molecule has 0 unspecified atom stereocenters. The fraction of sp³-hybridized carbons (Fsp3) is 0.600. The van der Waals surface area contributed by atoms with Gasteiger partial charge in [0.25, 0.3) is 5.91 Å². The molecule has 0 spiro atoms. The number of carbonyl (C=O) groups is 2. The fourth-order valence-electron chi connectivity index (χ4n) is 7.14. The zero-order valence-electron chi connectivity index (χ0n) is 23.2. The van der Waals surface area contributed by atoms with Crippen LogP contribution in [0.2, 0.25) is 5.82 Å². The number of benzene rings is 1. The molecule has 38 heavy (non-hydrogen) atoms. The van der Waals surface area contributed by atoms with Crippen molar-refractivity contribution in [3.63, 3.8) is 0 Å². The lowest BCUT2D eigenvalue weighted by Gasteiger charge is -2.64. The van der Waals surface area contributed by atoms with Crippen molar-refractivity contribution in [1.82, 2.24) is 15.3 Å². The Morgan fingerprint density at radius 3 is 2.55 bits per heavy atom. The van der Waals surface area contributed by atoms with Gasteiger partial charge in [-0.1, -0.05) is 58.0 Å². The Hall–Kier alpha value is -2.58. The molecule has 202 valence electrons. The van der Waals surface area contributed by atoms with Gasteiger partial charge in [0.1, 0.15) is 5.69 Å². The Bertz CT molecular complexity index is 1140. The predicted octanol–water partition coefficient (Wildman–Crippen LogP) is 4.92. The summed E-state index contributed by atoms with van der Waals surface area (Å²) in [5.74, 6) is 1.01. The first kappa shape index (κ1) is 27.0. The fourth-order valence-corrected chi connectivity index (χ4v) is 7.14. The maximum absolute atomic E-state index is 13.9. The minimum absolute atomic E-state index is 0.0198. The number of ketones is 1. The van der Waals surface area contributed by atoms with Gasteiger partial charge in [-0.2, -0.15) is 0 Å². The SMILES string of the molecule is CC(C)C[C@H](CC(=O)[C@H](Cc1ccccc1)NC(=O)c1cnccn1)B1O[C@@H]2C[C@@H]3C[C@@H](C3(C)C)[C@]2(C)O1. The van der Waals surface area contributed by atoms with Gasteiger partial charge in [0.2, 0.25) is 0 Å². The minimum atomic E-state index is -0.687. The first-order valence-electron chi connectivity index (χ1n) is 14.0. The van der Waals surface area contributed by atoms with Gasteiger partial charge in [0.05, 0.1) is 23.9 Å². The lowest BCUT2D eigenvalue weighted by Crippen LogP contribution is -2.65. The van der Waals surface area contributed by atoms with Crippen LogP contribution >= 0.6 is 0 Å². The smallest absolute Gasteiger partial charge is 0.405 e. The number of rotatable bonds is 10. The average molecular weight is 517 g/mol. The summed E-state index contributed by atoms with van der Waals surface area (Å²) >= 11 is 0. The van der Waals surface area contributed by atoms with Crippen LogP contribution in [-0.2, 0) is 20.5 Å². The highest BCUT2D eigenvalue weighted by Crippen LogP contribution is 2.66. The minimum Gasteiger partial charge on any atom is -0.405 e. The topological polar surface area (TPSA) is 90.4 Å². The van der Waals surface area contributed by atoms with Gasteiger partial charge in [-0.05, 0) is 61.3 Å². The summed E-state index contributed by atoms with van der Waals surface area (Å²) in [6.45, 7) is 11.3. The Balaban J connectivity index is 1.34. The van der Waals surface area contributed by atoms with E-state index in [0.29, 0.717) is 24.2 Å². The molecular formula is C30H40BN3O4. The van der Waals surface area contributed by atoms with Crippen molar-refractivity contribution >= 4 is 18.8 Å². The summed E-state index contributed by atoms with van der Waals surface area (Å²) in [5.41, 5.74) is 1.13. The van der Waals surface area contributed by atoms with Gasteiger partial charge < -0.3 is 14.6 Å². The lowest BCUT2D eigenvalue weighted by atomic mass is 9.43. The monoisotopic (exact) mass is 517 g/mol. The molecule has 4 fully saturated rings. The molecule has 1 saturated heterocycles. The van der Waals surface area contributed by atoms with Crippen LogP contribution in [-0.4, -0.2) is 46.5 Å². The largest absolute Gasteiger partial charge is 0.461 e. The molecule has 8 heteroatoms. The number of nitrogens with one attached hydrogen (secondary N) is 1. The van der Waals surface area contributed by atoms with Gasteiger partial charge in [-0.15, -0.1) is 0 Å². The van der Waals surface area contributed by atoms with E-state index < -0.39 is 19.1 Å². The molecule has 3 saturated carbocycles. The molecule has 0 radical (unpaired) electrons. The van der Waals surface area contributed by atoms with E-state index in [9.17, 15) is 9.59 Å². The molecule has 6 atom stereocenters. The summed E-state index contributed by atoms with van der Waals surface area (Å²) in [5, 5.41) is 2.94. The van der Waals surface area contributed by atoms with E-state index in [1.54, 1.807) is 0 Å². The van der Waals surface area contributed by atoms with Gasteiger partial charge in [-0.3, -0.25) is 14.6 Å². The third-order valence-corrected chi connectivity index (χ3v) is 9.36. The maximum Gasteiger partial charge on any atom is 0.461 e. The van der Waals surface area contributed by atoms with Crippen LogP contribution in [0.4, 0.5) is 0 Å². The Morgan fingerprint density at radius 2 is 1.89 bits per heavy atom. The molecule has 6 rings (SSSR count). The van der Waals surface area contributed by atoms with E-state index in [-0.39, 0.29) is 40.8 Å². The van der Waals surface area contributed by atoms with E-state index in [1.807, 2.05) is 30.3 Å². The van der Waals surface area contributed by atoms with Gasteiger partial charge in [0.15, 0.2) is 5.78 Å². The highest BCUT2D eigenvalue weighted by Gasteiger charge is 2.68. The van der Waals surface area contributed by atoms with Crippen LogP contribution in [0.3, 0.4) is 0 Å². The highest BCUT2D eigenvalue weighted by molar-refractivity contribution is 6.47. The summed E-state index contributed by atoms with van der Waals surface area (Å²) in [7, 11) is -0.417. The summed E-state index contributed by atoms with van der Waals surface area (Å²) in [6, 6.07) is 9.09. The highest BCUT2D eigenvalue weighted by atomic mass is 16.7. The van der Waals surface area contributed by atoms with E-state index >= 15 is 0 Å². The van der Waals surface area contributed by atoms with Gasteiger partial charge in [-0.25, -0.2) is 4.98 Å². The third kappa shape index (κ3) is 5.17. The summed E-state index contributed by atoms with van der Waals surface area (Å²) < 4.78 is 13.4. The Morgan fingerprint density at radius 1 is 1.13 bits per heavy atom. The first-order chi connectivity index (χ1) is 18.1. The predicted molar refractivity (Wildman–Crippen MR) is 146 cm³/mol. The molecule has 2 bridgehead atoms. The third-order valence-electron chi connectivity index (χ3n) is 9.36. The zero-order chi connectivity index (χ0) is 27.1. The molecular weight excluding hydrogens is 477 g/mol. The number of Topliss-reactive ketones (excluding diaryl/α,β-unsaturated/α-hetero) is 1. The molecule has 3 aliphatic carbocycles. The Labute approximate surface area is 226 Å². The van der Waals surface area contributed by atoms with E-state index in [0.717, 1.165) is 18.4 Å². The normalized spacial score (nSPS) is 28.8. The quantitative estimate of drug-likeness (QED) is 0.450. The number of hydrogen-bond acceptors (Lipinski definition) is 6. The second-order valence-corrected chi connectivity index (χ2v) is 12.7. The van der Waals surface area contributed by atoms with E-state index in [2.05, 4.69) is 49.9 Å². The number of aromatic nitrogens is 2. The zero-order valence-corrected chi connectivity index (χ0v) is 23.2. The van der Waals surface area contributed by atoms with Crippen molar-refractivity contribution in [1.29, 1.82) is 0 Å². The molecule has 2 aromatic rings.